The Balaban J connectivity index is 2.11. The summed E-state index contributed by atoms with van der Waals surface area (Å²) in [5.41, 5.74) is 0.907. The molecule has 1 heterocycles. The highest BCUT2D eigenvalue weighted by Gasteiger charge is 2.20. The van der Waals surface area contributed by atoms with Crippen LogP contribution in [0.5, 0.6) is 0 Å². The lowest BCUT2D eigenvalue weighted by Crippen LogP contribution is -2.28. The molecule has 0 aliphatic rings. The average Bonchev–Trinajstić information content (AvgIpc) is 2.48. The van der Waals surface area contributed by atoms with Crippen LogP contribution in [-0.2, 0) is 0 Å². The molecule has 0 saturated heterocycles. The molecule has 0 saturated carbocycles. The molecule has 2 atom stereocenters. The Bertz CT molecular complexity index is 475. The van der Waals surface area contributed by atoms with Crippen LogP contribution in [0.2, 0.25) is 0 Å². The Morgan fingerprint density at radius 2 is 1.79 bits per heavy atom. The highest BCUT2D eigenvalue weighted by atomic mass is 16.3. The summed E-state index contributed by atoms with van der Waals surface area (Å²) >= 11 is 0. The number of aliphatic hydroxyl groups excluding tert-OH is 1. The summed E-state index contributed by atoms with van der Waals surface area (Å²) < 4.78 is 0. The van der Waals surface area contributed by atoms with Crippen molar-refractivity contribution in [2.75, 3.05) is 5.32 Å². The smallest absolute Gasteiger partial charge is 0.222 e. The van der Waals surface area contributed by atoms with E-state index in [1.807, 2.05) is 30.3 Å². The van der Waals surface area contributed by atoms with Gasteiger partial charge in [-0.2, -0.15) is 0 Å². The maximum Gasteiger partial charge on any atom is 0.222 e. The molecule has 2 aromatic rings. The summed E-state index contributed by atoms with van der Waals surface area (Å²) in [5, 5.41) is 13.7. The fraction of sp³-hybridized carbons (Fsp3) is 0.333. The Morgan fingerprint density at radius 1 is 1.11 bits per heavy atom. The fourth-order valence-electron chi connectivity index (χ4n) is 2.04. The number of rotatable bonds is 6. The number of anilines is 1. The van der Waals surface area contributed by atoms with Gasteiger partial charge < -0.3 is 10.4 Å². The molecule has 2 rings (SSSR count). The molecule has 4 heteroatoms. The van der Waals surface area contributed by atoms with Crippen LogP contribution in [0.3, 0.4) is 0 Å². The molecule has 100 valence electrons. The van der Waals surface area contributed by atoms with Gasteiger partial charge in [0.05, 0.1) is 12.1 Å². The van der Waals surface area contributed by atoms with E-state index >= 15 is 0 Å². The minimum Gasteiger partial charge on any atom is -0.386 e. The molecule has 19 heavy (non-hydrogen) atoms. The lowest BCUT2D eigenvalue weighted by molar-refractivity contribution is 0.149. The molecule has 1 aromatic carbocycles. The van der Waals surface area contributed by atoms with Crippen molar-refractivity contribution >= 4 is 5.95 Å². The third kappa shape index (κ3) is 3.76. The number of nitrogens with one attached hydrogen (secondary N) is 1. The van der Waals surface area contributed by atoms with Gasteiger partial charge in [0.15, 0.2) is 0 Å². The van der Waals surface area contributed by atoms with Gasteiger partial charge in [-0.05, 0) is 18.1 Å². The summed E-state index contributed by atoms with van der Waals surface area (Å²) in [6, 6.07) is 11.4. The monoisotopic (exact) mass is 257 g/mol. The van der Waals surface area contributed by atoms with Gasteiger partial charge in [0.25, 0.3) is 0 Å². The van der Waals surface area contributed by atoms with E-state index in [1.165, 1.54) is 0 Å². The van der Waals surface area contributed by atoms with Gasteiger partial charge >= 0.3 is 0 Å². The molecule has 0 aliphatic heterocycles. The van der Waals surface area contributed by atoms with Crippen LogP contribution in [0.4, 0.5) is 5.95 Å². The van der Waals surface area contributed by atoms with E-state index in [-0.39, 0.29) is 6.04 Å². The first-order chi connectivity index (χ1) is 9.31. The number of benzene rings is 1. The Labute approximate surface area is 113 Å². The van der Waals surface area contributed by atoms with Crippen LogP contribution in [0.1, 0.15) is 31.4 Å². The van der Waals surface area contributed by atoms with Crippen LogP contribution in [0.15, 0.2) is 48.8 Å². The van der Waals surface area contributed by atoms with Crippen molar-refractivity contribution in [2.45, 2.75) is 31.9 Å². The number of hydrogen-bond donors (Lipinski definition) is 2. The largest absolute Gasteiger partial charge is 0.386 e. The molecular weight excluding hydrogens is 238 g/mol. The third-order valence-electron chi connectivity index (χ3n) is 3.00. The van der Waals surface area contributed by atoms with Crippen molar-refractivity contribution in [1.29, 1.82) is 0 Å². The van der Waals surface area contributed by atoms with E-state index in [0.29, 0.717) is 5.95 Å². The van der Waals surface area contributed by atoms with Crippen molar-refractivity contribution in [1.82, 2.24) is 9.97 Å². The molecule has 0 amide bonds. The number of aliphatic hydroxyl groups is 1. The number of hydrogen-bond acceptors (Lipinski definition) is 4. The quantitative estimate of drug-likeness (QED) is 0.835. The summed E-state index contributed by atoms with van der Waals surface area (Å²) in [6.45, 7) is 2.10. The van der Waals surface area contributed by atoms with Crippen molar-refractivity contribution in [3.8, 4) is 0 Å². The summed E-state index contributed by atoms with van der Waals surface area (Å²) in [7, 11) is 0. The lowest BCUT2D eigenvalue weighted by atomic mass is 9.99. The minimum absolute atomic E-state index is 0.0881. The van der Waals surface area contributed by atoms with Gasteiger partial charge in [0, 0.05) is 12.4 Å². The Kier molecular flexibility index (Phi) is 4.86. The molecule has 0 fully saturated rings. The zero-order chi connectivity index (χ0) is 13.5. The molecule has 0 unspecified atom stereocenters. The van der Waals surface area contributed by atoms with Crippen molar-refractivity contribution in [3.63, 3.8) is 0 Å². The summed E-state index contributed by atoms with van der Waals surface area (Å²) in [6.07, 6.45) is 4.65. The average molecular weight is 257 g/mol. The van der Waals surface area contributed by atoms with Crippen LogP contribution < -0.4 is 5.32 Å². The van der Waals surface area contributed by atoms with Gasteiger partial charge in [-0.3, -0.25) is 0 Å². The van der Waals surface area contributed by atoms with Gasteiger partial charge in [-0.1, -0.05) is 43.7 Å². The standard InChI is InChI=1S/C15H19N3O/c1-2-7-13(18-15-16-10-6-11-17-15)14(19)12-8-4-3-5-9-12/h3-6,8-11,13-14,19H,2,7H2,1H3,(H,16,17,18)/t13-,14+/m0/s1. The van der Waals surface area contributed by atoms with E-state index in [1.54, 1.807) is 18.5 Å². The normalized spacial score (nSPS) is 13.8. The predicted molar refractivity (Wildman–Crippen MR) is 75.8 cm³/mol. The van der Waals surface area contributed by atoms with E-state index in [2.05, 4.69) is 22.2 Å². The molecule has 0 radical (unpaired) electrons. The first kappa shape index (κ1) is 13.5. The molecule has 2 N–H and O–H groups in total. The molecule has 1 aromatic heterocycles. The number of nitrogens with zero attached hydrogens (tertiary/aromatic N) is 2. The second-order valence-corrected chi connectivity index (χ2v) is 4.47. The zero-order valence-corrected chi connectivity index (χ0v) is 11.0. The number of aromatic nitrogens is 2. The Morgan fingerprint density at radius 3 is 2.42 bits per heavy atom. The molecular formula is C15H19N3O. The lowest BCUT2D eigenvalue weighted by Gasteiger charge is -2.24. The van der Waals surface area contributed by atoms with E-state index in [9.17, 15) is 5.11 Å². The SMILES string of the molecule is CCC[C@H](Nc1ncccn1)[C@H](O)c1ccccc1. The van der Waals surface area contributed by atoms with Gasteiger partial charge in [0.2, 0.25) is 5.95 Å². The highest BCUT2D eigenvalue weighted by Crippen LogP contribution is 2.21. The van der Waals surface area contributed by atoms with Gasteiger partial charge in [0.1, 0.15) is 0 Å². The summed E-state index contributed by atoms with van der Waals surface area (Å²) in [4.78, 5) is 8.29. The molecule has 0 spiro atoms. The van der Waals surface area contributed by atoms with Crippen molar-refractivity contribution in [3.05, 3.63) is 54.4 Å². The Hall–Kier alpha value is -1.94. The van der Waals surface area contributed by atoms with Crippen molar-refractivity contribution < 1.29 is 5.11 Å². The second-order valence-electron chi connectivity index (χ2n) is 4.47. The van der Waals surface area contributed by atoms with Crippen molar-refractivity contribution in [2.24, 2.45) is 0 Å². The van der Waals surface area contributed by atoms with E-state index in [4.69, 9.17) is 0 Å². The first-order valence-electron chi connectivity index (χ1n) is 6.58. The second kappa shape index (κ2) is 6.85. The van der Waals surface area contributed by atoms with Crippen LogP contribution in [0, 0.1) is 0 Å². The predicted octanol–water partition coefficient (Wildman–Crippen LogP) is 2.79. The third-order valence-corrected chi connectivity index (χ3v) is 3.00. The maximum atomic E-state index is 10.5. The fourth-order valence-corrected chi connectivity index (χ4v) is 2.04. The molecule has 0 bridgehead atoms. The van der Waals surface area contributed by atoms with Crippen LogP contribution >= 0.6 is 0 Å². The van der Waals surface area contributed by atoms with Crippen LogP contribution in [0.25, 0.3) is 0 Å². The van der Waals surface area contributed by atoms with Crippen LogP contribution in [-0.4, -0.2) is 21.1 Å². The molecule has 0 aliphatic carbocycles. The minimum atomic E-state index is -0.565. The summed E-state index contributed by atoms with van der Waals surface area (Å²) in [5.74, 6) is 0.552. The van der Waals surface area contributed by atoms with Gasteiger partial charge in [-0.15, -0.1) is 0 Å². The maximum absolute atomic E-state index is 10.5. The van der Waals surface area contributed by atoms with E-state index < -0.39 is 6.10 Å². The first-order valence-corrected chi connectivity index (χ1v) is 6.58. The molecule has 4 nitrogen and oxygen atoms in total. The van der Waals surface area contributed by atoms with E-state index in [0.717, 1.165) is 18.4 Å². The highest BCUT2D eigenvalue weighted by molar-refractivity contribution is 5.28. The zero-order valence-electron chi connectivity index (χ0n) is 11.0. The van der Waals surface area contributed by atoms with Gasteiger partial charge in [-0.25, -0.2) is 9.97 Å². The topological polar surface area (TPSA) is 58.0 Å².